The van der Waals surface area contributed by atoms with E-state index < -0.39 is 0 Å². The van der Waals surface area contributed by atoms with Crippen molar-refractivity contribution >= 4 is 0 Å². The molecule has 0 heterocycles. The number of fused-ring (bicyclic) bond motifs is 6. The Morgan fingerprint density at radius 2 is 0.900 bits per heavy atom. The maximum Gasteiger partial charge on any atom is -0.0164 e. The molecule has 52 valence electrons. The molecule has 1 fully saturated rings. The van der Waals surface area contributed by atoms with E-state index in [4.69, 9.17) is 0 Å². The van der Waals surface area contributed by atoms with Crippen molar-refractivity contribution in [3.8, 4) is 0 Å². The summed E-state index contributed by atoms with van der Waals surface area (Å²) in [5, 5.41) is 0. The molecule has 4 atom stereocenters. The molecule has 0 aliphatic heterocycles. The van der Waals surface area contributed by atoms with Crippen molar-refractivity contribution < 1.29 is 0 Å². The van der Waals surface area contributed by atoms with Crippen LogP contribution in [0, 0.1) is 23.7 Å². The second-order valence-corrected chi connectivity index (χ2v) is 3.90. The lowest BCUT2D eigenvalue weighted by atomic mass is 9.78. The molecule has 1 saturated carbocycles. The first-order valence-electron chi connectivity index (χ1n) is 4.30. The Hall–Kier alpha value is -0.520. The van der Waals surface area contributed by atoms with Crippen LogP contribution in [0.5, 0.6) is 0 Å². The summed E-state index contributed by atoms with van der Waals surface area (Å²) >= 11 is 0. The Morgan fingerprint density at radius 3 is 1.20 bits per heavy atom. The molecule has 0 aromatic heterocycles. The Balaban J connectivity index is 2.07. The van der Waals surface area contributed by atoms with Gasteiger partial charge in [-0.1, -0.05) is 24.3 Å². The van der Waals surface area contributed by atoms with E-state index in [9.17, 15) is 0 Å². The standard InChI is InChI=1S/C10H12/c1-2-8-5-7(1)9-3-4-10(8)6-9/h1-4,7-10H,5-6H2/t7-,8+,9-,10+. The molecule has 10 heavy (non-hydrogen) atoms. The van der Waals surface area contributed by atoms with E-state index in [2.05, 4.69) is 24.3 Å². The zero-order valence-corrected chi connectivity index (χ0v) is 6.03. The minimum absolute atomic E-state index is 0.917. The zero-order chi connectivity index (χ0) is 6.55. The molecule has 0 heteroatoms. The first-order valence-corrected chi connectivity index (χ1v) is 4.30. The van der Waals surface area contributed by atoms with Crippen LogP contribution >= 0.6 is 0 Å². The van der Waals surface area contributed by atoms with Crippen molar-refractivity contribution in [3.05, 3.63) is 24.3 Å². The summed E-state index contributed by atoms with van der Waals surface area (Å²) in [6.07, 6.45) is 12.7. The molecule has 3 aliphatic carbocycles. The van der Waals surface area contributed by atoms with Gasteiger partial charge in [0.05, 0.1) is 0 Å². The van der Waals surface area contributed by atoms with Gasteiger partial charge in [-0.2, -0.15) is 0 Å². The van der Waals surface area contributed by atoms with Crippen LogP contribution in [0.2, 0.25) is 0 Å². The maximum atomic E-state index is 2.44. The molecule has 3 rings (SSSR count). The molecule has 0 amide bonds. The Bertz CT molecular complexity index is 168. The molecule has 0 nitrogen and oxygen atoms in total. The van der Waals surface area contributed by atoms with Crippen molar-refractivity contribution in [2.24, 2.45) is 23.7 Å². The van der Waals surface area contributed by atoms with Gasteiger partial charge in [0.2, 0.25) is 0 Å². The van der Waals surface area contributed by atoms with Crippen LogP contribution in [0.25, 0.3) is 0 Å². The number of hydrogen-bond acceptors (Lipinski definition) is 0. The first kappa shape index (κ1) is 5.17. The predicted molar refractivity (Wildman–Crippen MR) is 41.5 cm³/mol. The number of rotatable bonds is 0. The van der Waals surface area contributed by atoms with Gasteiger partial charge in [0, 0.05) is 0 Å². The number of allylic oxidation sites excluding steroid dienone is 4. The highest BCUT2D eigenvalue weighted by atomic mass is 14.4. The Labute approximate surface area is 61.6 Å². The average Bonchev–Trinajstić information content (AvgIpc) is 2.41. The lowest BCUT2D eigenvalue weighted by molar-refractivity contribution is 0.281. The average molecular weight is 132 g/mol. The van der Waals surface area contributed by atoms with Crippen molar-refractivity contribution in [1.82, 2.24) is 0 Å². The topological polar surface area (TPSA) is 0 Å². The lowest BCUT2D eigenvalue weighted by Gasteiger charge is -2.26. The fourth-order valence-corrected chi connectivity index (χ4v) is 2.78. The first-order chi connectivity index (χ1) is 4.93. The third kappa shape index (κ3) is 0.484. The maximum absolute atomic E-state index is 2.44. The van der Waals surface area contributed by atoms with Crippen LogP contribution in [0.3, 0.4) is 0 Å². The largest absolute Gasteiger partial charge is 0.0845 e. The highest BCUT2D eigenvalue weighted by Gasteiger charge is 2.39. The van der Waals surface area contributed by atoms with E-state index in [1.807, 2.05) is 0 Å². The fourth-order valence-electron chi connectivity index (χ4n) is 2.78. The minimum Gasteiger partial charge on any atom is -0.0845 e. The van der Waals surface area contributed by atoms with Gasteiger partial charge in [-0.05, 0) is 36.5 Å². The molecule has 0 radical (unpaired) electrons. The molecule has 3 aliphatic rings. The molecule has 0 N–H and O–H groups in total. The summed E-state index contributed by atoms with van der Waals surface area (Å²) < 4.78 is 0. The minimum atomic E-state index is 0.917. The van der Waals surface area contributed by atoms with Crippen LogP contribution in [0.4, 0.5) is 0 Å². The van der Waals surface area contributed by atoms with Crippen molar-refractivity contribution in [2.75, 3.05) is 0 Å². The summed E-state index contributed by atoms with van der Waals surface area (Å²) in [5.74, 6) is 3.67. The summed E-state index contributed by atoms with van der Waals surface area (Å²) in [5.41, 5.74) is 0. The molecule has 0 spiro atoms. The van der Waals surface area contributed by atoms with E-state index in [1.54, 1.807) is 0 Å². The van der Waals surface area contributed by atoms with E-state index in [1.165, 1.54) is 12.8 Å². The van der Waals surface area contributed by atoms with Gasteiger partial charge in [-0.3, -0.25) is 0 Å². The molecule has 0 unspecified atom stereocenters. The summed E-state index contributed by atoms with van der Waals surface area (Å²) in [6, 6.07) is 0. The van der Waals surface area contributed by atoms with Gasteiger partial charge in [-0.25, -0.2) is 0 Å². The van der Waals surface area contributed by atoms with Crippen LogP contribution in [0.1, 0.15) is 12.8 Å². The van der Waals surface area contributed by atoms with E-state index in [0.29, 0.717) is 0 Å². The van der Waals surface area contributed by atoms with Crippen molar-refractivity contribution in [3.63, 3.8) is 0 Å². The van der Waals surface area contributed by atoms with Crippen molar-refractivity contribution in [1.29, 1.82) is 0 Å². The van der Waals surface area contributed by atoms with Crippen molar-refractivity contribution in [2.45, 2.75) is 12.8 Å². The third-order valence-corrected chi connectivity index (χ3v) is 3.40. The van der Waals surface area contributed by atoms with Crippen LogP contribution in [0.15, 0.2) is 24.3 Å². The second-order valence-electron chi connectivity index (χ2n) is 3.90. The van der Waals surface area contributed by atoms with Gasteiger partial charge in [0.25, 0.3) is 0 Å². The highest BCUT2D eigenvalue weighted by molar-refractivity contribution is 5.20. The highest BCUT2D eigenvalue weighted by Crippen LogP contribution is 2.48. The van der Waals surface area contributed by atoms with E-state index in [0.717, 1.165) is 23.7 Å². The summed E-state index contributed by atoms with van der Waals surface area (Å²) in [7, 11) is 0. The number of hydrogen-bond donors (Lipinski definition) is 0. The quantitative estimate of drug-likeness (QED) is 0.444. The normalized spacial score (nSPS) is 54.4. The molecular formula is C10H12. The van der Waals surface area contributed by atoms with Gasteiger partial charge in [0.1, 0.15) is 0 Å². The fraction of sp³-hybridized carbons (Fsp3) is 0.600. The Kier molecular flexibility index (Phi) is 0.803. The SMILES string of the molecule is C1=C[C@H]2C[C@@H]1[C@@H]1C=C[C@H]2C1. The molecule has 0 aromatic rings. The van der Waals surface area contributed by atoms with Gasteiger partial charge >= 0.3 is 0 Å². The van der Waals surface area contributed by atoms with Gasteiger partial charge in [0.15, 0.2) is 0 Å². The predicted octanol–water partition coefficient (Wildman–Crippen LogP) is 2.38. The molecule has 0 saturated heterocycles. The third-order valence-electron chi connectivity index (χ3n) is 3.40. The monoisotopic (exact) mass is 132 g/mol. The van der Waals surface area contributed by atoms with Gasteiger partial charge in [-0.15, -0.1) is 0 Å². The molecular weight excluding hydrogens is 120 g/mol. The molecule has 0 aromatic carbocycles. The van der Waals surface area contributed by atoms with E-state index in [-0.39, 0.29) is 0 Å². The lowest BCUT2D eigenvalue weighted by Crippen LogP contribution is -2.19. The van der Waals surface area contributed by atoms with Crippen LogP contribution < -0.4 is 0 Å². The van der Waals surface area contributed by atoms with Gasteiger partial charge < -0.3 is 0 Å². The summed E-state index contributed by atoms with van der Waals surface area (Å²) in [6.45, 7) is 0. The van der Waals surface area contributed by atoms with Crippen LogP contribution in [-0.4, -0.2) is 0 Å². The Morgan fingerprint density at radius 1 is 0.600 bits per heavy atom. The van der Waals surface area contributed by atoms with Crippen LogP contribution in [-0.2, 0) is 0 Å². The van der Waals surface area contributed by atoms with E-state index >= 15 is 0 Å². The smallest absolute Gasteiger partial charge is 0.0164 e. The summed E-state index contributed by atoms with van der Waals surface area (Å²) in [4.78, 5) is 0. The second kappa shape index (κ2) is 1.55. The zero-order valence-electron chi connectivity index (χ0n) is 6.03. The molecule has 4 bridgehead atoms.